The second-order valence-electron chi connectivity index (χ2n) is 8.50. The minimum atomic E-state index is -4.93. The van der Waals surface area contributed by atoms with Crippen molar-refractivity contribution in [2.24, 2.45) is 5.41 Å². The molecule has 4 rings (SSSR count). The van der Waals surface area contributed by atoms with Crippen molar-refractivity contribution in [2.45, 2.75) is 25.1 Å². The van der Waals surface area contributed by atoms with Crippen LogP contribution in [0.15, 0.2) is 97.2 Å². The van der Waals surface area contributed by atoms with Gasteiger partial charge >= 0.3 is 12.1 Å². The Labute approximate surface area is 206 Å². The molecule has 0 radical (unpaired) electrons. The van der Waals surface area contributed by atoms with Gasteiger partial charge in [0.1, 0.15) is 6.04 Å². The van der Waals surface area contributed by atoms with Crippen LogP contribution in [0.4, 0.5) is 13.2 Å². The molecule has 8 heteroatoms. The molecular formula is C28H23F3N2O3. The highest BCUT2D eigenvalue weighted by Crippen LogP contribution is 2.46. The molecule has 1 aliphatic rings. The number of alkyl halides is 3. The second-order valence-corrected chi connectivity index (χ2v) is 8.50. The molecule has 0 fully saturated rings. The van der Waals surface area contributed by atoms with Gasteiger partial charge in [0.15, 0.2) is 5.41 Å². The molecule has 1 heterocycles. The second kappa shape index (κ2) is 10.2. The van der Waals surface area contributed by atoms with Crippen LogP contribution in [0.5, 0.6) is 0 Å². The van der Waals surface area contributed by atoms with Gasteiger partial charge < -0.3 is 10.4 Å². The number of carbonyl (C=O) groups excluding carboxylic acids is 1. The van der Waals surface area contributed by atoms with E-state index in [9.17, 15) is 27.9 Å². The van der Waals surface area contributed by atoms with Gasteiger partial charge in [-0.3, -0.25) is 9.78 Å². The van der Waals surface area contributed by atoms with Gasteiger partial charge in [-0.05, 0) is 29.2 Å². The van der Waals surface area contributed by atoms with E-state index in [1.807, 2.05) is 30.3 Å². The van der Waals surface area contributed by atoms with Crippen LogP contribution < -0.4 is 5.32 Å². The number of carboxylic acid groups (broad SMARTS) is 1. The van der Waals surface area contributed by atoms with Crippen LogP contribution in [-0.4, -0.2) is 34.2 Å². The lowest BCUT2D eigenvalue weighted by atomic mass is 9.77. The van der Waals surface area contributed by atoms with E-state index in [0.29, 0.717) is 11.3 Å². The fourth-order valence-corrected chi connectivity index (χ4v) is 4.03. The summed E-state index contributed by atoms with van der Waals surface area (Å²) in [4.78, 5) is 29.1. The minimum absolute atomic E-state index is 0.265. The van der Waals surface area contributed by atoms with Crippen molar-refractivity contribution < 1.29 is 27.9 Å². The molecule has 0 bridgehead atoms. The Morgan fingerprint density at radius 1 is 0.944 bits per heavy atom. The molecule has 5 nitrogen and oxygen atoms in total. The van der Waals surface area contributed by atoms with E-state index < -0.39 is 35.9 Å². The molecule has 1 aromatic heterocycles. The van der Waals surface area contributed by atoms with Gasteiger partial charge in [0, 0.05) is 23.9 Å². The molecule has 2 N–H and O–H groups in total. The number of carboxylic acids is 1. The van der Waals surface area contributed by atoms with Crippen molar-refractivity contribution in [3.8, 4) is 11.1 Å². The average molecular weight is 492 g/mol. The smallest absolute Gasteiger partial charge is 0.406 e. The van der Waals surface area contributed by atoms with Crippen LogP contribution >= 0.6 is 0 Å². The first-order valence-electron chi connectivity index (χ1n) is 11.3. The van der Waals surface area contributed by atoms with Crippen LogP contribution in [0.2, 0.25) is 0 Å². The molecule has 2 unspecified atom stereocenters. The van der Waals surface area contributed by atoms with Gasteiger partial charge in [-0.2, -0.15) is 13.2 Å². The Hall–Kier alpha value is -4.20. The first-order valence-corrected chi connectivity index (χ1v) is 11.3. The van der Waals surface area contributed by atoms with E-state index in [1.54, 1.807) is 48.7 Å². The predicted molar refractivity (Wildman–Crippen MR) is 130 cm³/mol. The number of aliphatic carboxylic acids is 1. The summed E-state index contributed by atoms with van der Waals surface area (Å²) >= 11 is 0. The maximum Gasteiger partial charge on any atom is 0.406 e. The number of hydrogen-bond donors (Lipinski definition) is 2. The molecule has 1 aliphatic carbocycles. The summed E-state index contributed by atoms with van der Waals surface area (Å²) < 4.78 is 42.5. The normalized spacial score (nSPS) is 18.2. The Morgan fingerprint density at radius 2 is 1.58 bits per heavy atom. The average Bonchev–Trinajstić information content (AvgIpc) is 2.89. The fourth-order valence-electron chi connectivity index (χ4n) is 4.03. The number of amides is 1. The lowest BCUT2D eigenvalue weighted by molar-refractivity contribution is -0.207. The first-order chi connectivity index (χ1) is 17.2. The zero-order valence-corrected chi connectivity index (χ0v) is 19.1. The highest BCUT2D eigenvalue weighted by atomic mass is 19.4. The van der Waals surface area contributed by atoms with Crippen molar-refractivity contribution in [2.75, 3.05) is 0 Å². The van der Waals surface area contributed by atoms with Gasteiger partial charge in [0.2, 0.25) is 5.91 Å². The van der Waals surface area contributed by atoms with Crippen molar-refractivity contribution in [3.63, 3.8) is 0 Å². The zero-order chi connectivity index (χ0) is 25.8. The van der Waals surface area contributed by atoms with Gasteiger partial charge in [-0.15, -0.1) is 0 Å². The van der Waals surface area contributed by atoms with Crippen molar-refractivity contribution in [1.82, 2.24) is 10.3 Å². The number of benzene rings is 2. The van der Waals surface area contributed by atoms with Crippen molar-refractivity contribution >= 4 is 17.4 Å². The Morgan fingerprint density at radius 3 is 2.08 bits per heavy atom. The number of nitrogens with zero attached hydrogens (tertiary/aromatic N) is 1. The van der Waals surface area contributed by atoms with Crippen LogP contribution in [0.1, 0.15) is 17.7 Å². The molecule has 2 atom stereocenters. The largest absolute Gasteiger partial charge is 0.480 e. The summed E-state index contributed by atoms with van der Waals surface area (Å²) in [6.07, 6.45) is -0.851. The lowest BCUT2D eigenvalue weighted by Gasteiger charge is -2.34. The third kappa shape index (κ3) is 5.22. The van der Waals surface area contributed by atoms with Crippen LogP contribution in [0.3, 0.4) is 0 Å². The monoisotopic (exact) mass is 492 g/mol. The number of aromatic nitrogens is 1. The number of pyridine rings is 1. The van der Waals surface area contributed by atoms with Gasteiger partial charge in [0.05, 0.1) is 0 Å². The Kier molecular flexibility index (Phi) is 7.05. The number of carbonyl (C=O) groups is 2. The summed E-state index contributed by atoms with van der Waals surface area (Å²) in [5.74, 6) is -2.86. The van der Waals surface area contributed by atoms with Crippen molar-refractivity contribution in [3.05, 3.63) is 108 Å². The molecule has 0 spiro atoms. The lowest BCUT2D eigenvalue weighted by Crippen LogP contribution is -2.54. The summed E-state index contributed by atoms with van der Waals surface area (Å²) in [5, 5.41) is 11.7. The maximum atomic E-state index is 14.2. The third-order valence-corrected chi connectivity index (χ3v) is 6.16. The molecule has 36 heavy (non-hydrogen) atoms. The third-order valence-electron chi connectivity index (χ3n) is 6.16. The van der Waals surface area contributed by atoms with E-state index in [-0.39, 0.29) is 6.42 Å². The predicted octanol–water partition coefficient (Wildman–Crippen LogP) is 5.45. The number of allylic oxidation sites excluding steroid dienone is 3. The molecular weight excluding hydrogens is 469 g/mol. The minimum Gasteiger partial charge on any atom is -0.480 e. The number of rotatable bonds is 7. The highest BCUT2D eigenvalue weighted by molar-refractivity contribution is 5.91. The Bertz CT molecular complexity index is 1290. The van der Waals surface area contributed by atoms with Gasteiger partial charge in [0.25, 0.3) is 0 Å². The molecule has 1 amide bonds. The summed E-state index contributed by atoms with van der Waals surface area (Å²) in [7, 11) is 0. The zero-order valence-electron chi connectivity index (χ0n) is 19.1. The number of halogens is 3. The topological polar surface area (TPSA) is 79.3 Å². The number of nitrogens with one attached hydrogen (secondary N) is 1. The SMILES string of the molecule is O=C(O)C(Cc1ccc(-c2ccccc2)cn1)NC(=O)C1(C(F)(F)F)C=CC(c2ccccc2)=CC1. The first kappa shape index (κ1) is 24.9. The van der Waals surface area contributed by atoms with Crippen LogP contribution in [0, 0.1) is 5.41 Å². The van der Waals surface area contributed by atoms with E-state index in [1.165, 1.54) is 12.2 Å². The summed E-state index contributed by atoms with van der Waals surface area (Å²) in [6, 6.07) is 20.0. The summed E-state index contributed by atoms with van der Waals surface area (Å²) in [6.45, 7) is 0. The quantitative estimate of drug-likeness (QED) is 0.460. The van der Waals surface area contributed by atoms with Gasteiger partial charge in [-0.1, -0.05) is 85.0 Å². The molecule has 184 valence electrons. The molecule has 3 aromatic rings. The fraction of sp³-hybridized carbons (Fsp3) is 0.179. The molecule has 2 aromatic carbocycles. The highest BCUT2D eigenvalue weighted by Gasteiger charge is 2.59. The molecule has 0 saturated carbocycles. The number of hydrogen-bond acceptors (Lipinski definition) is 3. The molecule has 0 aliphatic heterocycles. The standard InChI is InChI=1S/C28H23F3N2O3/c29-28(30,31)27(15-13-21(14-16-27)19-7-3-1-4-8-19)26(36)33-24(25(34)35)17-23-12-11-22(18-32-23)20-9-5-2-6-10-20/h1-15,18,24H,16-17H2,(H,33,36)(H,34,35). The van der Waals surface area contributed by atoms with Crippen LogP contribution in [-0.2, 0) is 16.0 Å². The van der Waals surface area contributed by atoms with E-state index in [4.69, 9.17) is 0 Å². The molecule has 0 saturated heterocycles. The van der Waals surface area contributed by atoms with E-state index in [0.717, 1.165) is 22.8 Å². The maximum absolute atomic E-state index is 14.2. The van der Waals surface area contributed by atoms with E-state index >= 15 is 0 Å². The van der Waals surface area contributed by atoms with Crippen molar-refractivity contribution in [1.29, 1.82) is 0 Å². The Balaban J connectivity index is 1.52. The van der Waals surface area contributed by atoms with E-state index in [2.05, 4.69) is 10.3 Å². The van der Waals surface area contributed by atoms with Gasteiger partial charge in [-0.25, -0.2) is 4.79 Å². The van der Waals surface area contributed by atoms with Crippen LogP contribution in [0.25, 0.3) is 16.7 Å². The summed E-state index contributed by atoms with van der Waals surface area (Å²) in [5.41, 5.74) is 0.454.